The van der Waals surface area contributed by atoms with Gasteiger partial charge in [0.15, 0.2) is 0 Å². The van der Waals surface area contributed by atoms with Crippen molar-refractivity contribution < 1.29 is 4.79 Å². The number of rotatable bonds is 8. The Hall–Kier alpha value is -0.570. The lowest BCUT2D eigenvalue weighted by atomic mass is 10.2. The first-order chi connectivity index (χ1) is 7.11. The number of hydrogen-bond donors (Lipinski definition) is 0. The van der Waals surface area contributed by atoms with Gasteiger partial charge in [-0.3, -0.25) is 4.79 Å². The van der Waals surface area contributed by atoms with Gasteiger partial charge >= 0.3 is 0 Å². The van der Waals surface area contributed by atoms with Crippen LogP contribution in [-0.2, 0) is 4.79 Å². The average Bonchev–Trinajstić information content (AvgIpc) is 2.18. The molecule has 0 aromatic carbocycles. The van der Waals surface area contributed by atoms with Crippen LogP contribution >= 0.6 is 0 Å². The van der Waals surface area contributed by atoms with E-state index in [1.807, 2.05) is 11.8 Å². The Kier molecular flexibility index (Phi) is 8.38. The van der Waals surface area contributed by atoms with Crippen LogP contribution in [0.1, 0.15) is 40.0 Å². The van der Waals surface area contributed by atoms with Crippen LogP contribution in [-0.4, -0.2) is 48.9 Å². The van der Waals surface area contributed by atoms with Crippen LogP contribution in [0.2, 0.25) is 0 Å². The topological polar surface area (TPSA) is 23.6 Å². The standard InChI is InChI=1S/C12H26N2O/c1-5-7-8-9-13(4)10-11-14(6-2)12(3)15/h5-11H2,1-4H3. The van der Waals surface area contributed by atoms with Crippen molar-refractivity contribution in [1.82, 2.24) is 9.80 Å². The molecule has 0 N–H and O–H groups in total. The van der Waals surface area contributed by atoms with Gasteiger partial charge < -0.3 is 9.80 Å². The lowest BCUT2D eigenvalue weighted by Crippen LogP contribution is -2.36. The fourth-order valence-electron chi connectivity index (χ4n) is 1.57. The lowest BCUT2D eigenvalue weighted by Gasteiger charge is -2.23. The molecule has 3 nitrogen and oxygen atoms in total. The minimum Gasteiger partial charge on any atom is -0.342 e. The maximum Gasteiger partial charge on any atom is 0.219 e. The maximum atomic E-state index is 11.2. The van der Waals surface area contributed by atoms with Crippen LogP contribution in [0.15, 0.2) is 0 Å². The summed E-state index contributed by atoms with van der Waals surface area (Å²) in [4.78, 5) is 15.3. The van der Waals surface area contributed by atoms with Gasteiger partial charge in [-0.05, 0) is 26.9 Å². The van der Waals surface area contributed by atoms with Crippen LogP contribution < -0.4 is 0 Å². The van der Waals surface area contributed by atoms with Crippen LogP contribution in [0.5, 0.6) is 0 Å². The molecule has 0 radical (unpaired) electrons. The van der Waals surface area contributed by atoms with Gasteiger partial charge in [-0.15, -0.1) is 0 Å². The number of carbonyl (C=O) groups is 1. The molecule has 0 aromatic heterocycles. The Morgan fingerprint density at radius 2 is 1.73 bits per heavy atom. The third-order valence-electron chi connectivity index (χ3n) is 2.72. The van der Waals surface area contributed by atoms with Crippen molar-refractivity contribution >= 4 is 5.91 Å². The molecule has 0 aliphatic rings. The summed E-state index contributed by atoms with van der Waals surface area (Å²) in [6, 6.07) is 0. The summed E-state index contributed by atoms with van der Waals surface area (Å²) in [5.74, 6) is 0.180. The highest BCUT2D eigenvalue weighted by Crippen LogP contribution is 1.97. The van der Waals surface area contributed by atoms with Crippen molar-refractivity contribution in [3.63, 3.8) is 0 Å². The quantitative estimate of drug-likeness (QED) is 0.577. The van der Waals surface area contributed by atoms with Crippen molar-refractivity contribution in [2.75, 3.05) is 33.2 Å². The number of hydrogen-bond acceptors (Lipinski definition) is 2. The molecule has 0 unspecified atom stereocenters. The number of unbranched alkanes of at least 4 members (excludes halogenated alkanes) is 2. The predicted molar refractivity (Wildman–Crippen MR) is 65.0 cm³/mol. The fraction of sp³-hybridized carbons (Fsp3) is 0.917. The van der Waals surface area contributed by atoms with Gasteiger partial charge in [-0.2, -0.15) is 0 Å². The number of carbonyl (C=O) groups excluding carboxylic acids is 1. The van der Waals surface area contributed by atoms with Gasteiger partial charge in [0.2, 0.25) is 5.91 Å². The molecule has 90 valence electrons. The Bertz CT molecular complexity index is 171. The molecular formula is C12H26N2O. The molecule has 0 saturated heterocycles. The molecule has 0 aliphatic heterocycles. The zero-order valence-corrected chi connectivity index (χ0v) is 10.8. The molecule has 0 aromatic rings. The summed E-state index contributed by atoms with van der Waals surface area (Å²) in [6.07, 6.45) is 3.83. The van der Waals surface area contributed by atoms with Crippen LogP contribution in [0.4, 0.5) is 0 Å². The van der Waals surface area contributed by atoms with Crippen molar-refractivity contribution in [1.29, 1.82) is 0 Å². The molecule has 3 heteroatoms. The molecular weight excluding hydrogens is 188 g/mol. The first kappa shape index (κ1) is 14.4. The smallest absolute Gasteiger partial charge is 0.219 e. The van der Waals surface area contributed by atoms with E-state index in [0.717, 1.165) is 26.2 Å². The van der Waals surface area contributed by atoms with Crippen LogP contribution in [0, 0.1) is 0 Å². The highest BCUT2D eigenvalue weighted by atomic mass is 16.2. The van der Waals surface area contributed by atoms with E-state index in [2.05, 4.69) is 18.9 Å². The van der Waals surface area contributed by atoms with Gasteiger partial charge in [0.05, 0.1) is 0 Å². The Morgan fingerprint density at radius 1 is 1.07 bits per heavy atom. The maximum absolute atomic E-state index is 11.2. The molecule has 0 bridgehead atoms. The number of likely N-dealkylation sites (N-methyl/N-ethyl adjacent to an activating group) is 2. The van der Waals surface area contributed by atoms with Gasteiger partial charge in [-0.1, -0.05) is 19.8 Å². The van der Waals surface area contributed by atoms with E-state index in [1.165, 1.54) is 19.3 Å². The number of amides is 1. The Balaban J connectivity index is 3.59. The first-order valence-electron chi connectivity index (χ1n) is 6.05. The Labute approximate surface area is 94.4 Å². The largest absolute Gasteiger partial charge is 0.342 e. The van der Waals surface area contributed by atoms with Gasteiger partial charge in [0, 0.05) is 26.6 Å². The van der Waals surface area contributed by atoms with E-state index in [0.29, 0.717) is 0 Å². The normalized spacial score (nSPS) is 10.7. The second-order valence-electron chi connectivity index (χ2n) is 4.11. The highest BCUT2D eigenvalue weighted by molar-refractivity contribution is 5.73. The zero-order chi connectivity index (χ0) is 11.7. The second kappa shape index (κ2) is 8.72. The summed E-state index contributed by atoms with van der Waals surface area (Å²) in [5.41, 5.74) is 0. The van der Waals surface area contributed by atoms with Crippen molar-refractivity contribution in [3.8, 4) is 0 Å². The van der Waals surface area contributed by atoms with E-state index in [1.54, 1.807) is 6.92 Å². The molecule has 0 aliphatic carbocycles. The number of nitrogens with zero attached hydrogens (tertiary/aromatic N) is 2. The minimum atomic E-state index is 0.180. The van der Waals surface area contributed by atoms with Gasteiger partial charge in [0.25, 0.3) is 0 Å². The van der Waals surface area contributed by atoms with Gasteiger partial charge in [-0.25, -0.2) is 0 Å². The average molecular weight is 214 g/mol. The molecule has 0 saturated carbocycles. The third-order valence-corrected chi connectivity index (χ3v) is 2.72. The van der Waals surface area contributed by atoms with E-state index in [4.69, 9.17) is 0 Å². The highest BCUT2D eigenvalue weighted by Gasteiger charge is 2.06. The lowest BCUT2D eigenvalue weighted by molar-refractivity contribution is -0.128. The molecule has 0 heterocycles. The van der Waals surface area contributed by atoms with Crippen LogP contribution in [0.25, 0.3) is 0 Å². The summed E-state index contributed by atoms with van der Waals surface area (Å²) in [6.45, 7) is 9.68. The van der Waals surface area contributed by atoms with Gasteiger partial charge in [0.1, 0.15) is 0 Å². The zero-order valence-electron chi connectivity index (χ0n) is 10.8. The van der Waals surface area contributed by atoms with E-state index < -0.39 is 0 Å². The summed E-state index contributed by atoms with van der Waals surface area (Å²) in [5, 5.41) is 0. The molecule has 1 amide bonds. The monoisotopic (exact) mass is 214 g/mol. The molecule has 0 spiro atoms. The van der Waals surface area contributed by atoms with E-state index >= 15 is 0 Å². The van der Waals surface area contributed by atoms with Crippen molar-refractivity contribution in [2.45, 2.75) is 40.0 Å². The molecule has 0 rings (SSSR count). The van der Waals surface area contributed by atoms with Crippen LogP contribution in [0.3, 0.4) is 0 Å². The van der Waals surface area contributed by atoms with Crippen molar-refractivity contribution in [3.05, 3.63) is 0 Å². The Morgan fingerprint density at radius 3 is 2.20 bits per heavy atom. The summed E-state index contributed by atoms with van der Waals surface area (Å²) < 4.78 is 0. The second-order valence-corrected chi connectivity index (χ2v) is 4.11. The predicted octanol–water partition coefficient (Wildman–Crippen LogP) is 1.98. The summed E-state index contributed by atoms with van der Waals surface area (Å²) in [7, 11) is 2.13. The third kappa shape index (κ3) is 7.37. The summed E-state index contributed by atoms with van der Waals surface area (Å²) >= 11 is 0. The van der Waals surface area contributed by atoms with E-state index in [-0.39, 0.29) is 5.91 Å². The first-order valence-corrected chi connectivity index (χ1v) is 6.05. The molecule has 0 fully saturated rings. The molecule has 15 heavy (non-hydrogen) atoms. The van der Waals surface area contributed by atoms with Crippen molar-refractivity contribution in [2.24, 2.45) is 0 Å². The minimum absolute atomic E-state index is 0.180. The SMILES string of the molecule is CCCCCN(C)CCN(CC)C(C)=O. The molecule has 0 atom stereocenters. The van der Waals surface area contributed by atoms with E-state index in [9.17, 15) is 4.79 Å². The fourth-order valence-corrected chi connectivity index (χ4v) is 1.57.